The van der Waals surface area contributed by atoms with Crippen LogP contribution in [0.1, 0.15) is 32.3 Å². The van der Waals surface area contributed by atoms with E-state index in [1.165, 1.54) is 5.56 Å². The molecule has 0 aliphatic carbocycles. The molecule has 0 unspecified atom stereocenters. The van der Waals surface area contributed by atoms with Crippen molar-refractivity contribution in [2.24, 2.45) is 5.92 Å². The lowest BCUT2D eigenvalue weighted by Gasteiger charge is -2.07. The topological polar surface area (TPSA) is 38.3 Å². The summed E-state index contributed by atoms with van der Waals surface area (Å²) in [6, 6.07) is 7.93. The summed E-state index contributed by atoms with van der Waals surface area (Å²) in [6.45, 7) is 4.96. The molecule has 0 spiro atoms. The van der Waals surface area contributed by atoms with Crippen molar-refractivity contribution in [2.75, 3.05) is 13.7 Å². The summed E-state index contributed by atoms with van der Waals surface area (Å²) in [6.07, 6.45) is 2.44. The number of ether oxygens (including phenoxy) is 1. The highest BCUT2D eigenvalue weighted by atomic mass is 16.5. The first kappa shape index (κ1) is 14.6. The standard InChI is InChI=1S/C15H23NO2/c1-12(2)4-9-15(17)16-11-10-13-5-7-14(18-3)8-6-13/h5-8,12H,4,9-11H2,1-3H3,(H,16,17). The summed E-state index contributed by atoms with van der Waals surface area (Å²) in [7, 11) is 1.66. The van der Waals surface area contributed by atoms with Crippen molar-refractivity contribution < 1.29 is 9.53 Å². The van der Waals surface area contributed by atoms with Gasteiger partial charge in [0.15, 0.2) is 0 Å². The number of amides is 1. The van der Waals surface area contributed by atoms with Crippen LogP contribution in [-0.4, -0.2) is 19.6 Å². The first-order valence-electron chi connectivity index (χ1n) is 6.51. The molecule has 0 aliphatic rings. The van der Waals surface area contributed by atoms with Crippen molar-refractivity contribution in [1.29, 1.82) is 0 Å². The van der Waals surface area contributed by atoms with Crippen LogP contribution in [0.15, 0.2) is 24.3 Å². The molecular weight excluding hydrogens is 226 g/mol. The van der Waals surface area contributed by atoms with Gasteiger partial charge in [-0.2, -0.15) is 0 Å². The van der Waals surface area contributed by atoms with E-state index in [2.05, 4.69) is 19.2 Å². The molecule has 0 atom stereocenters. The maximum atomic E-state index is 11.5. The minimum Gasteiger partial charge on any atom is -0.497 e. The van der Waals surface area contributed by atoms with Crippen LogP contribution < -0.4 is 10.1 Å². The maximum absolute atomic E-state index is 11.5. The summed E-state index contributed by atoms with van der Waals surface area (Å²) in [5, 5.41) is 2.94. The van der Waals surface area contributed by atoms with E-state index in [9.17, 15) is 4.79 Å². The molecule has 0 saturated heterocycles. The van der Waals surface area contributed by atoms with Gasteiger partial charge in [-0.25, -0.2) is 0 Å². The number of methoxy groups -OCH3 is 1. The van der Waals surface area contributed by atoms with Crippen LogP contribution in [0.25, 0.3) is 0 Å². The molecule has 1 aromatic carbocycles. The quantitative estimate of drug-likeness (QED) is 0.807. The summed E-state index contributed by atoms with van der Waals surface area (Å²) < 4.78 is 5.10. The average molecular weight is 249 g/mol. The highest BCUT2D eigenvalue weighted by Crippen LogP contribution is 2.11. The van der Waals surface area contributed by atoms with Gasteiger partial charge in [0.25, 0.3) is 0 Å². The Bertz CT molecular complexity index is 357. The number of benzene rings is 1. The van der Waals surface area contributed by atoms with E-state index in [4.69, 9.17) is 4.74 Å². The van der Waals surface area contributed by atoms with Crippen molar-refractivity contribution in [2.45, 2.75) is 33.1 Å². The third-order valence-corrected chi connectivity index (χ3v) is 2.84. The van der Waals surface area contributed by atoms with Crippen molar-refractivity contribution in [3.8, 4) is 5.75 Å². The summed E-state index contributed by atoms with van der Waals surface area (Å²) >= 11 is 0. The minimum atomic E-state index is 0.150. The molecule has 0 aromatic heterocycles. The Labute approximate surface area is 110 Å². The van der Waals surface area contributed by atoms with E-state index in [0.717, 1.165) is 18.6 Å². The van der Waals surface area contributed by atoms with Crippen molar-refractivity contribution in [1.82, 2.24) is 5.32 Å². The Kier molecular flexibility index (Phi) is 6.26. The first-order chi connectivity index (χ1) is 8.61. The zero-order valence-electron chi connectivity index (χ0n) is 11.5. The molecule has 100 valence electrons. The number of nitrogens with one attached hydrogen (secondary N) is 1. The van der Waals surface area contributed by atoms with Gasteiger partial charge in [-0.1, -0.05) is 26.0 Å². The fraction of sp³-hybridized carbons (Fsp3) is 0.533. The van der Waals surface area contributed by atoms with E-state index >= 15 is 0 Å². The van der Waals surface area contributed by atoms with Crippen molar-refractivity contribution >= 4 is 5.91 Å². The van der Waals surface area contributed by atoms with E-state index in [1.54, 1.807) is 7.11 Å². The predicted octanol–water partition coefficient (Wildman–Crippen LogP) is 2.79. The highest BCUT2D eigenvalue weighted by Gasteiger charge is 2.02. The SMILES string of the molecule is COc1ccc(CCNC(=O)CCC(C)C)cc1. The molecule has 0 bridgehead atoms. The Morgan fingerprint density at radius 1 is 1.28 bits per heavy atom. The molecule has 1 amide bonds. The second-order valence-electron chi connectivity index (χ2n) is 4.88. The molecule has 0 aliphatic heterocycles. The molecule has 3 nitrogen and oxygen atoms in total. The lowest BCUT2D eigenvalue weighted by Crippen LogP contribution is -2.25. The van der Waals surface area contributed by atoms with Crippen LogP contribution in [-0.2, 0) is 11.2 Å². The predicted molar refractivity (Wildman–Crippen MR) is 73.8 cm³/mol. The lowest BCUT2D eigenvalue weighted by atomic mass is 10.1. The van der Waals surface area contributed by atoms with Crippen LogP contribution >= 0.6 is 0 Å². The molecule has 1 N–H and O–H groups in total. The van der Waals surface area contributed by atoms with Crippen LogP contribution in [0.2, 0.25) is 0 Å². The molecular formula is C15H23NO2. The number of hydrogen-bond donors (Lipinski definition) is 1. The van der Waals surface area contributed by atoms with Gasteiger partial charge < -0.3 is 10.1 Å². The molecule has 0 saturated carbocycles. The average Bonchev–Trinajstić information content (AvgIpc) is 2.37. The smallest absolute Gasteiger partial charge is 0.220 e. The van der Waals surface area contributed by atoms with Gasteiger partial charge in [-0.05, 0) is 36.5 Å². The Balaban J connectivity index is 2.22. The molecule has 0 fully saturated rings. The zero-order valence-corrected chi connectivity index (χ0v) is 11.5. The fourth-order valence-electron chi connectivity index (χ4n) is 1.65. The van der Waals surface area contributed by atoms with Crippen LogP contribution in [0.3, 0.4) is 0 Å². The Morgan fingerprint density at radius 3 is 2.50 bits per heavy atom. The normalized spacial score (nSPS) is 10.4. The van der Waals surface area contributed by atoms with E-state index in [0.29, 0.717) is 18.9 Å². The molecule has 0 heterocycles. The van der Waals surface area contributed by atoms with E-state index in [-0.39, 0.29) is 5.91 Å². The highest BCUT2D eigenvalue weighted by molar-refractivity contribution is 5.75. The third-order valence-electron chi connectivity index (χ3n) is 2.84. The summed E-state index contributed by atoms with van der Waals surface area (Å²) in [5.74, 6) is 1.59. The van der Waals surface area contributed by atoms with Gasteiger partial charge in [-0.3, -0.25) is 4.79 Å². The van der Waals surface area contributed by atoms with Crippen LogP contribution in [0.4, 0.5) is 0 Å². The monoisotopic (exact) mass is 249 g/mol. The molecule has 3 heteroatoms. The van der Waals surface area contributed by atoms with E-state index in [1.807, 2.05) is 24.3 Å². The summed E-state index contributed by atoms with van der Waals surface area (Å²) in [5.41, 5.74) is 1.21. The first-order valence-corrected chi connectivity index (χ1v) is 6.51. The van der Waals surface area contributed by atoms with Gasteiger partial charge in [0, 0.05) is 13.0 Å². The molecule has 1 rings (SSSR count). The molecule has 1 aromatic rings. The van der Waals surface area contributed by atoms with Crippen LogP contribution in [0.5, 0.6) is 5.75 Å². The van der Waals surface area contributed by atoms with Gasteiger partial charge in [0.05, 0.1) is 7.11 Å². The van der Waals surface area contributed by atoms with E-state index < -0.39 is 0 Å². The summed E-state index contributed by atoms with van der Waals surface area (Å²) in [4.78, 5) is 11.5. The largest absolute Gasteiger partial charge is 0.497 e. The van der Waals surface area contributed by atoms with Crippen molar-refractivity contribution in [3.05, 3.63) is 29.8 Å². The van der Waals surface area contributed by atoms with Crippen molar-refractivity contribution in [3.63, 3.8) is 0 Å². The second kappa shape index (κ2) is 7.75. The fourth-order valence-corrected chi connectivity index (χ4v) is 1.65. The second-order valence-corrected chi connectivity index (χ2v) is 4.88. The minimum absolute atomic E-state index is 0.150. The van der Waals surface area contributed by atoms with Gasteiger partial charge in [0.2, 0.25) is 5.91 Å². The third kappa shape index (κ3) is 5.71. The zero-order chi connectivity index (χ0) is 13.4. The van der Waals surface area contributed by atoms with Gasteiger partial charge in [-0.15, -0.1) is 0 Å². The number of rotatable bonds is 7. The molecule has 18 heavy (non-hydrogen) atoms. The number of carbonyl (C=O) groups excluding carboxylic acids is 1. The molecule has 0 radical (unpaired) electrons. The number of carbonyl (C=O) groups is 1. The van der Waals surface area contributed by atoms with Gasteiger partial charge >= 0.3 is 0 Å². The Morgan fingerprint density at radius 2 is 1.94 bits per heavy atom. The number of hydrogen-bond acceptors (Lipinski definition) is 2. The Hall–Kier alpha value is -1.51. The maximum Gasteiger partial charge on any atom is 0.220 e. The van der Waals surface area contributed by atoms with Crippen LogP contribution in [0, 0.1) is 5.92 Å². The lowest BCUT2D eigenvalue weighted by molar-refractivity contribution is -0.121. The van der Waals surface area contributed by atoms with Gasteiger partial charge in [0.1, 0.15) is 5.75 Å².